The number of carboxylic acid groups (broad SMARTS) is 1. The first-order chi connectivity index (χ1) is 19.3. The molecule has 2 fully saturated rings. The number of carbonyl (C=O) groups excluding carboxylic acids is 2. The van der Waals surface area contributed by atoms with E-state index >= 15 is 0 Å². The van der Waals surface area contributed by atoms with Gasteiger partial charge in [-0.3, -0.25) is 14.5 Å². The van der Waals surface area contributed by atoms with Crippen molar-refractivity contribution in [3.63, 3.8) is 0 Å². The molecule has 0 spiro atoms. The van der Waals surface area contributed by atoms with Crippen LogP contribution in [0.5, 0.6) is 11.5 Å². The molecule has 3 aliphatic heterocycles. The molecule has 3 heterocycles. The average Bonchev–Trinajstić information content (AvgIpc) is 3.55. The fourth-order valence-electron chi connectivity index (χ4n) is 6.19. The third kappa shape index (κ3) is 6.98. The van der Waals surface area contributed by atoms with E-state index in [0.29, 0.717) is 57.2 Å². The zero-order valence-electron chi connectivity index (χ0n) is 23.9. The van der Waals surface area contributed by atoms with Gasteiger partial charge in [0.2, 0.25) is 12.7 Å². The van der Waals surface area contributed by atoms with Gasteiger partial charge in [0.05, 0.1) is 12.5 Å². The Bertz CT molecular complexity index is 1040. The van der Waals surface area contributed by atoms with E-state index in [1.54, 1.807) is 16.8 Å². The monoisotopic (exact) mass is 559 g/mol. The number of hydrogen-bond donors (Lipinski definition) is 2. The van der Waals surface area contributed by atoms with Gasteiger partial charge in [0.1, 0.15) is 0 Å². The second-order valence-electron chi connectivity index (χ2n) is 11.1. The van der Waals surface area contributed by atoms with E-state index in [1.165, 1.54) is 0 Å². The highest BCUT2D eigenvalue weighted by molar-refractivity contribution is 5.79. The van der Waals surface area contributed by atoms with Crippen LogP contribution in [-0.2, 0) is 9.59 Å². The summed E-state index contributed by atoms with van der Waals surface area (Å²) in [5.41, 5.74) is 6.55. The minimum Gasteiger partial charge on any atom is -0.481 e. The molecule has 0 bridgehead atoms. The van der Waals surface area contributed by atoms with E-state index < -0.39 is 17.9 Å². The zero-order chi connectivity index (χ0) is 28.6. The Kier molecular flexibility index (Phi) is 10.5. The Morgan fingerprint density at radius 3 is 2.65 bits per heavy atom. The van der Waals surface area contributed by atoms with Gasteiger partial charge in [0.15, 0.2) is 11.5 Å². The lowest BCUT2D eigenvalue weighted by Gasteiger charge is -2.35. The summed E-state index contributed by atoms with van der Waals surface area (Å²) >= 11 is 0. The number of unbranched alkanes of at least 4 members (excludes halogenated alkanes) is 2. The molecule has 0 unspecified atom stereocenters. The predicted molar refractivity (Wildman–Crippen MR) is 150 cm³/mol. The van der Waals surface area contributed by atoms with Gasteiger partial charge in [0.25, 0.3) is 0 Å². The molecule has 40 heavy (non-hydrogen) atoms. The van der Waals surface area contributed by atoms with Crippen molar-refractivity contribution in [2.24, 2.45) is 11.7 Å². The summed E-state index contributed by atoms with van der Waals surface area (Å²) in [4.78, 5) is 46.6. The number of carbonyl (C=O) groups is 3. The maximum Gasteiger partial charge on any atom is 0.319 e. The van der Waals surface area contributed by atoms with Crippen molar-refractivity contribution < 1.29 is 29.0 Å². The summed E-state index contributed by atoms with van der Waals surface area (Å²) in [5, 5.41) is 10.5. The van der Waals surface area contributed by atoms with Gasteiger partial charge in [-0.25, -0.2) is 4.79 Å². The Labute approximate surface area is 237 Å². The predicted octanol–water partition coefficient (Wildman–Crippen LogP) is 2.40. The van der Waals surface area contributed by atoms with Crippen LogP contribution in [0, 0.1) is 5.92 Å². The molecule has 1 aromatic rings. The largest absolute Gasteiger partial charge is 0.481 e. The van der Waals surface area contributed by atoms with E-state index in [-0.39, 0.29) is 31.2 Å². The number of fused-ring (bicyclic) bond motifs is 1. The molecule has 2 saturated heterocycles. The normalized spacial score (nSPS) is 22.7. The van der Waals surface area contributed by atoms with Crippen molar-refractivity contribution in [1.82, 2.24) is 19.6 Å². The number of nitrogens with two attached hydrogens (primary N) is 1. The van der Waals surface area contributed by atoms with Crippen LogP contribution in [0.25, 0.3) is 0 Å². The molecule has 0 aliphatic carbocycles. The first kappa shape index (κ1) is 29.9. The van der Waals surface area contributed by atoms with E-state index in [4.69, 9.17) is 15.2 Å². The number of rotatable bonds is 14. The Hall–Kier alpha value is -3.05. The minimum atomic E-state index is -0.893. The van der Waals surface area contributed by atoms with Crippen LogP contribution in [0.15, 0.2) is 18.2 Å². The molecule has 3 N–H and O–H groups in total. The number of benzene rings is 1. The maximum absolute atomic E-state index is 13.6. The molecule has 3 amide bonds. The molecule has 0 saturated carbocycles. The molecule has 3 atom stereocenters. The minimum absolute atomic E-state index is 0.0136. The van der Waals surface area contributed by atoms with E-state index in [1.807, 2.05) is 28.0 Å². The summed E-state index contributed by atoms with van der Waals surface area (Å²) in [6.45, 7) is 6.58. The van der Waals surface area contributed by atoms with Crippen LogP contribution in [-0.4, -0.2) is 115 Å². The summed E-state index contributed by atoms with van der Waals surface area (Å²) in [7, 11) is 1.79. The number of hydrogen-bond acceptors (Lipinski definition) is 7. The lowest BCUT2D eigenvalue weighted by molar-refractivity contribution is -0.144. The van der Waals surface area contributed by atoms with E-state index in [0.717, 1.165) is 44.2 Å². The van der Waals surface area contributed by atoms with Crippen molar-refractivity contribution in [2.45, 2.75) is 57.4 Å². The first-order valence-corrected chi connectivity index (χ1v) is 14.7. The Balaban J connectivity index is 1.57. The zero-order valence-corrected chi connectivity index (χ0v) is 23.9. The smallest absolute Gasteiger partial charge is 0.319 e. The number of urea groups is 1. The van der Waals surface area contributed by atoms with Gasteiger partial charge < -0.3 is 35.0 Å². The van der Waals surface area contributed by atoms with Gasteiger partial charge in [-0.15, -0.1) is 0 Å². The quantitative estimate of drug-likeness (QED) is 0.333. The van der Waals surface area contributed by atoms with Crippen molar-refractivity contribution >= 4 is 17.9 Å². The summed E-state index contributed by atoms with van der Waals surface area (Å²) in [6, 6.07) is 5.17. The maximum atomic E-state index is 13.6. The average molecular weight is 560 g/mol. The highest BCUT2D eigenvalue weighted by Crippen LogP contribution is 2.42. The lowest BCUT2D eigenvalue weighted by Crippen LogP contribution is -2.50. The number of nitrogens with zero attached hydrogens (tertiary/aromatic N) is 4. The molecular weight excluding hydrogens is 514 g/mol. The third-order valence-corrected chi connectivity index (χ3v) is 8.43. The van der Waals surface area contributed by atoms with Gasteiger partial charge in [-0.2, -0.15) is 0 Å². The van der Waals surface area contributed by atoms with Crippen molar-refractivity contribution in [3.8, 4) is 11.5 Å². The fourth-order valence-corrected chi connectivity index (χ4v) is 6.19. The van der Waals surface area contributed by atoms with Crippen molar-refractivity contribution in [3.05, 3.63) is 23.8 Å². The number of ether oxygens (including phenoxy) is 2. The van der Waals surface area contributed by atoms with Gasteiger partial charge in [-0.05, 0) is 56.3 Å². The standard InChI is InChI=1S/C29H45N5O6/c1-3-4-13-32(14-6-5-11-30)26(35)19-34-18-22(21-8-9-24-25(17-21)40-20-39-24)27(28(36)37)23(34)10-16-33-15-7-12-31(2)29(33)38/h8-9,17,22-23,27H,3-7,10-16,18-20,30H2,1-2H3,(H,36,37)/t22-,23+,27-/m1/s1. The number of aliphatic carboxylic acids is 1. The number of likely N-dealkylation sites (tertiary alicyclic amines) is 1. The highest BCUT2D eigenvalue weighted by atomic mass is 16.7. The van der Waals surface area contributed by atoms with Crippen LogP contribution in [0.3, 0.4) is 0 Å². The molecule has 11 heteroatoms. The van der Waals surface area contributed by atoms with E-state index in [9.17, 15) is 19.5 Å². The second kappa shape index (κ2) is 14.0. The SMILES string of the molecule is CCCCN(CCCCN)C(=O)CN1C[C@H](c2ccc3c(c2)OCO3)[C@@H](C(=O)O)[C@@H]1CCN1CCCN(C)C1=O. The summed E-state index contributed by atoms with van der Waals surface area (Å²) in [6.07, 6.45) is 4.96. The second-order valence-corrected chi connectivity index (χ2v) is 11.1. The van der Waals surface area contributed by atoms with E-state index in [2.05, 4.69) is 6.92 Å². The molecule has 222 valence electrons. The molecule has 0 radical (unpaired) electrons. The fraction of sp³-hybridized carbons (Fsp3) is 0.690. The molecular formula is C29H45N5O6. The van der Waals surface area contributed by atoms with Crippen LogP contribution < -0.4 is 15.2 Å². The van der Waals surface area contributed by atoms with Crippen molar-refractivity contribution in [2.75, 3.05) is 66.2 Å². The molecule has 0 aromatic heterocycles. The van der Waals surface area contributed by atoms with Gasteiger partial charge in [-0.1, -0.05) is 19.4 Å². The summed E-state index contributed by atoms with van der Waals surface area (Å²) < 4.78 is 11.0. The first-order valence-electron chi connectivity index (χ1n) is 14.7. The highest BCUT2D eigenvalue weighted by Gasteiger charge is 2.47. The van der Waals surface area contributed by atoms with Crippen LogP contribution in [0.2, 0.25) is 0 Å². The topological polar surface area (TPSA) is 129 Å². The lowest BCUT2D eigenvalue weighted by atomic mass is 9.84. The number of carboxylic acids is 1. The van der Waals surface area contributed by atoms with Gasteiger partial charge >= 0.3 is 12.0 Å². The Morgan fingerprint density at radius 2 is 1.90 bits per heavy atom. The molecule has 11 nitrogen and oxygen atoms in total. The third-order valence-electron chi connectivity index (χ3n) is 8.43. The summed E-state index contributed by atoms with van der Waals surface area (Å²) in [5.74, 6) is -0.678. The van der Waals surface area contributed by atoms with Crippen molar-refractivity contribution in [1.29, 1.82) is 0 Å². The van der Waals surface area contributed by atoms with Crippen LogP contribution in [0.4, 0.5) is 4.79 Å². The molecule has 3 aliphatic rings. The van der Waals surface area contributed by atoms with Crippen LogP contribution >= 0.6 is 0 Å². The Morgan fingerprint density at radius 1 is 1.12 bits per heavy atom. The number of amides is 3. The van der Waals surface area contributed by atoms with Crippen LogP contribution in [0.1, 0.15) is 56.9 Å². The molecule has 1 aromatic carbocycles. The molecule has 4 rings (SSSR count). The van der Waals surface area contributed by atoms with Gasteiger partial charge in [0, 0.05) is 58.3 Å².